The first-order valence-electron chi connectivity index (χ1n) is 8.15. The number of hydrogen-bond acceptors (Lipinski definition) is 3. The Balaban J connectivity index is 2.09. The van der Waals surface area contributed by atoms with Gasteiger partial charge in [-0.3, -0.25) is 4.79 Å². The summed E-state index contributed by atoms with van der Waals surface area (Å²) >= 11 is 0. The quantitative estimate of drug-likeness (QED) is 0.747. The number of benzene rings is 2. The minimum atomic E-state index is -0.0539. The second-order valence-electron chi connectivity index (χ2n) is 6.10. The van der Waals surface area contributed by atoms with Gasteiger partial charge < -0.3 is 14.4 Å². The van der Waals surface area contributed by atoms with Gasteiger partial charge in [0.25, 0.3) is 0 Å². The number of nitrogens with zero attached hydrogens (tertiary/aromatic N) is 1. The molecule has 0 saturated carbocycles. The van der Waals surface area contributed by atoms with Gasteiger partial charge in [-0.05, 0) is 48.7 Å². The van der Waals surface area contributed by atoms with Gasteiger partial charge in [0.2, 0.25) is 5.91 Å². The third-order valence-corrected chi connectivity index (χ3v) is 4.07. The SMILES string of the molecule is COc1cc(/C=C/C(=O)N(C)Cc2ccc(C)cc2C)cc(OC)c1. The highest BCUT2D eigenvalue weighted by Gasteiger charge is 2.08. The van der Waals surface area contributed by atoms with E-state index in [0.29, 0.717) is 18.0 Å². The number of aryl methyl sites for hydroxylation is 2. The number of likely N-dealkylation sites (N-methyl/N-ethyl adjacent to an activating group) is 1. The lowest BCUT2D eigenvalue weighted by Gasteiger charge is -2.17. The molecule has 0 aromatic heterocycles. The number of rotatable bonds is 6. The van der Waals surface area contributed by atoms with Gasteiger partial charge in [0.15, 0.2) is 0 Å². The summed E-state index contributed by atoms with van der Waals surface area (Å²) < 4.78 is 10.5. The van der Waals surface area contributed by atoms with Crippen molar-refractivity contribution in [1.29, 1.82) is 0 Å². The van der Waals surface area contributed by atoms with Crippen molar-refractivity contribution in [3.63, 3.8) is 0 Å². The van der Waals surface area contributed by atoms with Crippen LogP contribution in [0.25, 0.3) is 6.08 Å². The van der Waals surface area contributed by atoms with E-state index in [0.717, 1.165) is 11.1 Å². The summed E-state index contributed by atoms with van der Waals surface area (Å²) in [4.78, 5) is 14.1. The summed E-state index contributed by atoms with van der Waals surface area (Å²) in [6, 6.07) is 11.8. The van der Waals surface area contributed by atoms with E-state index in [2.05, 4.69) is 32.0 Å². The van der Waals surface area contributed by atoms with Gasteiger partial charge in [0, 0.05) is 25.7 Å². The maximum absolute atomic E-state index is 12.4. The summed E-state index contributed by atoms with van der Waals surface area (Å²) in [6.07, 6.45) is 3.34. The Morgan fingerprint density at radius 3 is 2.24 bits per heavy atom. The molecule has 2 aromatic carbocycles. The van der Waals surface area contributed by atoms with Gasteiger partial charge >= 0.3 is 0 Å². The molecular formula is C21H25NO3. The molecule has 0 radical (unpaired) electrons. The topological polar surface area (TPSA) is 38.8 Å². The highest BCUT2D eigenvalue weighted by Crippen LogP contribution is 2.23. The Bertz CT molecular complexity index is 758. The van der Waals surface area contributed by atoms with Crippen LogP contribution >= 0.6 is 0 Å². The molecule has 0 fully saturated rings. The number of hydrogen-bond donors (Lipinski definition) is 0. The van der Waals surface area contributed by atoms with E-state index in [-0.39, 0.29) is 5.91 Å². The molecule has 0 bridgehead atoms. The average Bonchev–Trinajstić information content (AvgIpc) is 2.61. The van der Waals surface area contributed by atoms with Crippen molar-refractivity contribution in [3.05, 3.63) is 64.7 Å². The van der Waals surface area contributed by atoms with Crippen LogP contribution in [0.5, 0.6) is 11.5 Å². The molecule has 4 heteroatoms. The summed E-state index contributed by atoms with van der Waals surface area (Å²) in [5, 5.41) is 0. The Morgan fingerprint density at radius 2 is 1.68 bits per heavy atom. The van der Waals surface area contributed by atoms with Crippen molar-refractivity contribution in [2.75, 3.05) is 21.3 Å². The third kappa shape index (κ3) is 5.11. The molecule has 0 aliphatic carbocycles. The first-order valence-corrected chi connectivity index (χ1v) is 8.15. The van der Waals surface area contributed by atoms with E-state index < -0.39 is 0 Å². The summed E-state index contributed by atoms with van der Waals surface area (Å²) in [7, 11) is 5.01. The minimum Gasteiger partial charge on any atom is -0.497 e. The zero-order valence-corrected chi connectivity index (χ0v) is 15.5. The normalized spacial score (nSPS) is 10.8. The largest absolute Gasteiger partial charge is 0.497 e. The van der Waals surface area contributed by atoms with Gasteiger partial charge in [-0.25, -0.2) is 0 Å². The molecule has 0 heterocycles. The van der Waals surface area contributed by atoms with Crippen LogP contribution in [0.4, 0.5) is 0 Å². The molecule has 0 aliphatic heterocycles. The van der Waals surface area contributed by atoms with E-state index in [1.807, 2.05) is 12.1 Å². The molecule has 0 N–H and O–H groups in total. The van der Waals surface area contributed by atoms with Crippen LogP contribution in [-0.4, -0.2) is 32.1 Å². The van der Waals surface area contributed by atoms with Crippen LogP contribution in [-0.2, 0) is 11.3 Å². The molecule has 0 saturated heterocycles. The van der Waals surface area contributed by atoms with E-state index in [1.54, 1.807) is 44.4 Å². The van der Waals surface area contributed by atoms with Crippen LogP contribution < -0.4 is 9.47 Å². The summed E-state index contributed by atoms with van der Waals surface area (Å²) in [6.45, 7) is 4.71. The molecule has 2 rings (SSSR count). The Kier molecular flexibility index (Phi) is 6.23. The molecule has 132 valence electrons. The zero-order chi connectivity index (χ0) is 18.4. The fraction of sp³-hybridized carbons (Fsp3) is 0.286. The van der Waals surface area contributed by atoms with Crippen LogP contribution in [0.15, 0.2) is 42.5 Å². The van der Waals surface area contributed by atoms with Crippen molar-refractivity contribution in [1.82, 2.24) is 4.90 Å². The van der Waals surface area contributed by atoms with Crippen molar-refractivity contribution >= 4 is 12.0 Å². The van der Waals surface area contributed by atoms with Crippen LogP contribution in [0.3, 0.4) is 0 Å². The first-order chi connectivity index (χ1) is 11.9. The number of methoxy groups -OCH3 is 2. The van der Waals surface area contributed by atoms with E-state index in [4.69, 9.17) is 9.47 Å². The Hall–Kier alpha value is -2.75. The third-order valence-electron chi connectivity index (χ3n) is 4.07. The van der Waals surface area contributed by atoms with Crippen molar-refractivity contribution < 1.29 is 14.3 Å². The number of carbonyl (C=O) groups excluding carboxylic acids is 1. The highest BCUT2D eigenvalue weighted by atomic mass is 16.5. The van der Waals surface area contributed by atoms with E-state index in [9.17, 15) is 4.79 Å². The van der Waals surface area contributed by atoms with Crippen molar-refractivity contribution in [2.24, 2.45) is 0 Å². The first kappa shape index (κ1) is 18.6. The molecule has 25 heavy (non-hydrogen) atoms. The lowest BCUT2D eigenvalue weighted by Crippen LogP contribution is -2.24. The van der Waals surface area contributed by atoms with Gasteiger partial charge in [-0.15, -0.1) is 0 Å². The molecule has 1 amide bonds. The molecule has 0 unspecified atom stereocenters. The highest BCUT2D eigenvalue weighted by molar-refractivity contribution is 5.91. The van der Waals surface area contributed by atoms with Gasteiger partial charge in [-0.2, -0.15) is 0 Å². The van der Waals surface area contributed by atoms with E-state index >= 15 is 0 Å². The lowest BCUT2D eigenvalue weighted by molar-refractivity contribution is -0.125. The Morgan fingerprint density at radius 1 is 1.04 bits per heavy atom. The maximum Gasteiger partial charge on any atom is 0.246 e. The van der Waals surface area contributed by atoms with Crippen LogP contribution in [0, 0.1) is 13.8 Å². The molecule has 0 atom stereocenters. The predicted octanol–water partition coefficient (Wildman–Crippen LogP) is 3.99. The minimum absolute atomic E-state index is 0.0539. The van der Waals surface area contributed by atoms with E-state index in [1.165, 1.54) is 11.1 Å². The van der Waals surface area contributed by atoms with Crippen molar-refractivity contribution in [3.8, 4) is 11.5 Å². The molecule has 0 aliphatic rings. The molecule has 2 aromatic rings. The standard InChI is InChI=1S/C21H25NO3/c1-15-6-8-18(16(2)10-15)14-22(3)21(23)9-7-17-11-19(24-4)13-20(12-17)25-5/h6-13H,14H2,1-5H3/b9-7+. The van der Waals surface area contributed by atoms with Crippen LogP contribution in [0.1, 0.15) is 22.3 Å². The van der Waals surface area contributed by atoms with Gasteiger partial charge in [0.1, 0.15) is 11.5 Å². The second kappa shape index (κ2) is 8.38. The average molecular weight is 339 g/mol. The predicted molar refractivity (Wildman–Crippen MR) is 101 cm³/mol. The van der Waals surface area contributed by atoms with Gasteiger partial charge in [-0.1, -0.05) is 23.8 Å². The fourth-order valence-electron chi connectivity index (χ4n) is 2.58. The maximum atomic E-state index is 12.4. The lowest BCUT2D eigenvalue weighted by atomic mass is 10.1. The number of amides is 1. The van der Waals surface area contributed by atoms with Crippen LogP contribution in [0.2, 0.25) is 0 Å². The number of carbonyl (C=O) groups is 1. The molecule has 0 spiro atoms. The Labute approximate surface area is 149 Å². The number of ether oxygens (including phenoxy) is 2. The fourth-order valence-corrected chi connectivity index (χ4v) is 2.58. The smallest absolute Gasteiger partial charge is 0.246 e. The van der Waals surface area contributed by atoms with Gasteiger partial charge in [0.05, 0.1) is 14.2 Å². The second-order valence-corrected chi connectivity index (χ2v) is 6.10. The molecule has 4 nitrogen and oxygen atoms in total. The summed E-state index contributed by atoms with van der Waals surface area (Å²) in [5.74, 6) is 1.33. The van der Waals surface area contributed by atoms with Crippen molar-refractivity contribution in [2.45, 2.75) is 20.4 Å². The zero-order valence-electron chi connectivity index (χ0n) is 15.5. The molecular weight excluding hydrogens is 314 g/mol. The monoisotopic (exact) mass is 339 g/mol. The summed E-state index contributed by atoms with van der Waals surface area (Å²) in [5.41, 5.74) is 4.42.